The maximum Gasteiger partial charge on any atom is 0.472 e. The monoisotopic (exact) mass is 734 g/mol. The van der Waals surface area contributed by atoms with Crippen LogP contribution in [0.3, 0.4) is 0 Å². The third-order valence-electron chi connectivity index (χ3n) is 7.79. The van der Waals surface area contributed by atoms with E-state index in [1.807, 2.05) is 12.2 Å². The molecule has 2 atom stereocenters. The number of unbranched alkanes of at least 4 members (excludes halogenated alkanes) is 11. The minimum absolute atomic E-state index is 0.0157. The SMILES string of the molecule is CC/C=C\C/C=C\C/C=C\C/C=C\C/C=C\C/C=C\CCC(=O)OC(COC(=O)CCCCCCCCCCCCCC)COP(=O)(O)OCC. The van der Waals surface area contributed by atoms with E-state index in [0.717, 1.165) is 57.8 Å². The van der Waals surface area contributed by atoms with Gasteiger partial charge in [-0.25, -0.2) is 4.57 Å². The van der Waals surface area contributed by atoms with Crippen molar-refractivity contribution in [2.24, 2.45) is 0 Å². The van der Waals surface area contributed by atoms with Gasteiger partial charge in [0.2, 0.25) is 0 Å². The van der Waals surface area contributed by atoms with Crippen LogP contribution < -0.4 is 0 Å². The number of ether oxygens (including phenoxy) is 2. The number of allylic oxidation sites excluding steroid dienone is 12. The summed E-state index contributed by atoms with van der Waals surface area (Å²) < 4.78 is 32.4. The Kier molecular flexibility index (Phi) is 35.4. The minimum Gasteiger partial charge on any atom is -0.462 e. The first kappa shape index (κ1) is 48.5. The molecule has 9 heteroatoms. The molecule has 0 aliphatic rings. The first-order valence-electron chi connectivity index (χ1n) is 19.7. The van der Waals surface area contributed by atoms with Crippen LogP contribution in [0.5, 0.6) is 0 Å². The zero-order valence-corrected chi connectivity index (χ0v) is 33.1. The van der Waals surface area contributed by atoms with Gasteiger partial charge in [-0.3, -0.25) is 18.6 Å². The summed E-state index contributed by atoms with van der Waals surface area (Å²) in [6.45, 7) is 5.25. The lowest BCUT2D eigenvalue weighted by Crippen LogP contribution is -2.29. The van der Waals surface area contributed by atoms with Crippen molar-refractivity contribution in [1.29, 1.82) is 0 Å². The highest BCUT2D eigenvalue weighted by Gasteiger charge is 2.25. The van der Waals surface area contributed by atoms with Gasteiger partial charge in [-0.2, -0.15) is 0 Å². The van der Waals surface area contributed by atoms with Crippen LogP contribution >= 0.6 is 7.82 Å². The highest BCUT2D eigenvalue weighted by Crippen LogP contribution is 2.43. The minimum atomic E-state index is -4.30. The fourth-order valence-electron chi connectivity index (χ4n) is 4.95. The van der Waals surface area contributed by atoms with Gasteiger partial charge >= 0.3 is 19.8 Å². The molecule has 0 aromatic heterocycles. The molecule has 0 rings (SSSR count). The Bertz CT molecular complexity index is 1060. The van der Waals surface area contributed by atoms with Crippen molar-refractivity contribution in [3.05, 3.63) is 72.9 Å². The van der Waals surface area contributed by atoms with E-state index in [2.05, 4.69) is 74.6 Å². The number of phosphoric acid groups is 1. The molecule has 0 bridgehead atoms. The average molecular weight is 735 g/mol. The Balaban J connectivity index is 4.29. The predicted octanol–water partition coefficient (Wildman–Crippen LogP) is 12.2. The predicted molar refractivity (Wildman–Crippen MR) is 211 cm³/mol. The summed E-state index contributed by atoms with van der Waals surface area (Å²) in [6, 6.07) is 0. The summed E-state index contributed by atoms with van der Waals surface area (Å²) in [5, 5.41) is 0. The van der Waals surface area contributed by atoms with Gasteiger partial charge in [0, 0.05) is 12.8 Å². The molecule has 0 aliphatic heterocycles. The van der Waals surface area contributed by atoms with Gasteiger partial charge in [-0.15, -0.1) is 0 Å². The van der Waals surface area contributed by atoms with Gasteiger partial charge in [0.25, 0.3) is 0 Å². The third-order valence-corrected chi connectivity index (χ3v) is 8.85. The Labute approximate surface area is 311 Å². The van der Waals surface area contributed by atoms with Crippen LogP contribution in [0.1, 0.15) is 156 Å². The lowest BCUT2D eigenvalue weighted by Gasteiger charge is -2.19. The van der Waals surface area contributed by atoms with Crippen LogP contribution in [-0.4, -0.2) is 42.8 Å². The molecule has 0 saturated carbocycles. The van der Waals surface area contributed by atoms with Crippen molar-refractivity contribution in [1.82, 2.24) is 0 Å². The van der Waals surface area contributed by atoms with E-state index < -0.39 is 32.5 Å². The molecular weight excluding hydrogens is 663 g/mol. The van der Waals surface area contributed by atoms with Crippen LogP contribution in [-0.2, 0) is 32.7 Å². The van der Waals surface area contributed by atoms with Gasteiger partial charge in [0.1, 0.15) is 6.61 Å². The molecule has 1 N–H and O–H groups in total. The molecule has 0 radical (unpaired) electrons. The molecule has 2 unspecified atom stereocenters. The van der Waals surface area contributed by atoms with Gasteiger partial charge in [0.15, 0.2) is 6.10 Å². The molecule has 0 heterocycles. The molecule has 0 fully saturated rings. The first-order valence-corrected chi connectivity index (χ1v) is 21.2. The van der Waals surface area contributed by atoms with Gasteiger partial charge in [0.05, 0.1) is 13.2 Å². The van der Waals surface area contributed by atoms with E-state index in [-0.39, 0.29) is 26.1 Å². The largest absolute Gasteiger partial charge is 0.472 e. The summed E-state index contributed by atoms with van der Waals surface area (Å²) in [5.74, 6) is -0.901. The normalized spacial score (nSPS) is 14.2. The topological polar surface area (TPSA) is 108 Å². The maximum atomic E-state index is 12.5. The van der Waals surface area contributed by atoms with Crippen LogP contribution in [0.15, 0.2) is 72.9 Å². The molecule has 0 aliphatic carbocycles. The van der Waals surface area contributed by atoms with Crippen molar-refractivity contribution in [3.8, 4) is 0 Å². The van der Waals surface area contributed by atoms with Crippen molar-refractivity contribution in [3.63, 3.8) is 0 Å². The quantitative estimate of drug-likeness (QED) is 0.0297. The third kappa shape index (κ3) is 37.1. The van der Waals surface area contributed by atoms with Crippen molar-refractivity contribution < 1.29 is 37.6 Å². The Morgan fingerprint density at radius 2 is 1.00 bits per heavy atom. The second-order valence-electron chi connectivity index (χ2n) is 12.6. The van der Waals surface area contributed by atoms with E-state index in [4.69, 9.17) is 18.5 Å². The Hall–Kier alpha value is -2.51. The summed E-state index contributed by atoms with van der Waals surface area (Å²) in [4.78, 5) is 34.6. The lowest BCUT2D eigenvalue weighted by molar-refractivity contribution is -0.161. The van der Waals surface area contributed by atoms with Gasteiger partial charge in [-0.1, -0.05) is 157 Å². The molecule has 0 saturated heterocycles. The Morgan fingerprint density at radius 3 is 1.47 bits per heavy atom. The molecule has 0 spiro atoms. The average Bonchev–Trinajstić information content (AvgIpc) is 3.10. The number of carbonyl (C=O) groups excluding carboxylic acids is 2. The van der Waals surface area contributed by atoms with Crippen molar-refractivity contribution in [2.45, 2.75) is 162 Å². The summed E-state index contributed by atoms with van der Waals surface area (Å²) >= 11 is 0. The molecular formula is C42H71O8P. The number of carbonyl (C=O) groups is 2. The van der Waals surface area contributed by atoms with Crippen LogP contribution in [0.25, 0.3) is 0 Å². The zero-order valence-electron chi connectivity index (χ0n) is 32.2. The standard InChI is InChI=1S/C42H71O8P/c1-4-7-9-11-13-15-17-19-20-21-22-23-24-25-27-29-31-33-35-37-42(44)50-40(39-49-51(45,46)48-6-3)38-47-41(43)36-34-32-30-28-26-18-16-14-12-10-8-5-2/h7,9,13,15,19-20,22-23,25,27,31,33,40H,4-6,8,10-12,14,16-18,21,24,26,28-30,32,34-39H2,1-3H3,(H,45,46)/b9-7-,15-13-,20-19-,23-22-,27-25-,33-31-. The van der Waals surface area contributed by atoms with E-state index >= 15 is 0 Å². The number of esters is 2. The molecule has 0 amide bonds. The first-order chi connectivity index (χ1) is 24.8. The molecule has 8 nitrogen and oxygen atoms in total. The van der Waals surface area contributed by atoms with Gasteiger partial charge < -0.3 is 14.4 Å². The summed E-state index contributed by atoms with van der Waals surface area (Å²) in [6.07, 6.45) is 45.4. The van der Waals surface area contributed by atoms with Crippen LogP contribution in [0.4, 0.5) is 0 Å². The molecule has 0 aromatic rings. The fraction of sp³-hybridized carbons (Fsp3) is 0.667. The fourth-order valence-corrected chi connectivity index (χ4v) is 5.70. The summed E-state index contributed by atoms with van der Waals surface area (Å²) in [7, 11) is -4.30. The smallest absolute Gasteiger partial charge is 0.462 e. The second kappa shape index (κ2) is 37.3. The van der Waals surface area contributed by atoms with E-state index in [1.54, 1.807) is 6.92 Å². The van der Waals surface area contributed by atoms with Crippen molar-refractivity contribution >= 4 is 19.8 Å². The lowest BCUT2D eigenvalue weighted by atomic mass is 10.0. The van der Waals surface area contributed by atoms with E-state index in [1.165, 1.54) is 57.8 Å². The second-order valence-corrected chi connectivity index (χ2v) is 14.0. The molecule has 292 valence electrons. The highest BCUT2D eigenvalue weighted by molar-refractivity contribution is 7.47. The van der Waals surface area contributed by atoms with Gasteiger partial charge in [-0.05, 0) is 58.3 Å². The number of hydrogen-bond acceptors (Lipinski definition) is 7. The van der Waals surface area contributed by atoms with Crippen molar-refractivity contribution in [2.75, 3.05) is 19.8 Å². The van der Waals surface area contributed by atoms with Crippen LogP contribution in [0, 0.1) is 0 Å². The maximum absolute atomic E-state index is 12.5. The van der Waals surface area contributed by atoms with E-state index in [0.29, 0.717) is 6.42 Å². The molecule has 51 heavy (non-hydrogen) atoms. The number of hydrogen-bond donors (Lipinski definition) is 1. The van der Waals surface area contributed by atoms with E-state index in [9.17, 15) is 19.0 Å². The molecule has 0 aromatic carbocycles. The van der Waals surface area contributed by atoms with Crippen LogP contribution in [0.2, 0.25) is 0 Å². The highest BCUT2D eigenvalue weighted by atomic mass is 31.2. The summed E-state index contributed by atoms with van der Waals surface area (Å²) in [5.41, 5.74) is 0. The Morgan fingerprint density at radius 1 is 0.549 bits per heavy atom. The number of rotatable bonds is 35. The zero-order chi connectivity index (χ0) is 37.5. The number of phosphoric ester groups is 1.